The van der Waals surface area contributed by atoms with E-state index in [1.165, 1.54) is 32.1 Å². The van der Waals surface area contributed by atoms with Gasteiger partial charge in [-0.2, -0.15) is 0 Å². The van der Waals surface area contributed by atoms with Crippen molar-refractivity contribution < 1.29 is 4.79 Å². The summed E-state index contributed by atoms with van der Waals surface area (Å²) in [6.07, 6.45) is 6.51. The molecular formula is C16H24N2O. The quantitative estimate of drug-likeness (QED) is 0.905. The van der Waals surface area contributed by atoms with Crippen LogP contribution in [0.4, 0.5) is 0 Å². The minimum atomic E-state index is 0.112. The van der Waals surface area contributed by atoms with Crippen LogP contribution in [0.3, 0.4) is 0 Å². The van der Waals surface area contributed by atoms with E-state index in [9.17, 15) is 4.79 Å². The highest BCUT2D eigenvalue weighted by Gasteiger charge is 2.19. The Morgan fingerprint density at radius 1 is 1.32 bits per heavy atom. The fourth-order valence-electron chi connectivity index (χ4n) is 2.89. The summed E-state index contributed by atoms with van der Waals surface area (Å²) in [7, 11) is 1.91. The number of nitrogens with zero attached hydrogens (tertiary/aromatic N) is 1. The van der Waals surface area contributed by atoms with E-state index < -0.39 is 0 Å². The number of rotatable bonds is 4. The molecule has 3 heteroatoms. The summed E-state index contributed by atoms with van der Waals surface area (Å²) in [6, 6.07) is 7.64. The van der Waals surface area contributed by atoms with Gasteiger partial charge in [-0.1, -0.05) is 31.4 Å². The molecule has 1 amide bonds. The Kier molecular flexibility index (Phi) is 4.97. The van der Waals surface area contributed by atoms with Crippen molar-refractivity contribution >= 4 is 5.91 Å². The predicted octanol–water partition coefficient (Wildman–Crippen LogP) is 2.80. The largest absolute Gasteiger partial charge is 0.341 e. The second kappa shape index (κ2) is 6.71. The van der Waals surface area contributed by atoms with Crippen LogP contribution in [0.25, 0.3) is 0 Å². The van der Waals surface area contributed by atoms with Crippen LogP contribution >= 0.6 is 0 Å². The molecule has 1 aromatic rings. The lowest BCUT2D eigenvalue weighted by Gasteiger charge is -2.27. The molecule has 0 spiro atoms. The summed E-state index contributed by atoms with van der Waals surface area (Å²) in [6.45, 7) is 1.36. The van der Waals surface area contributed by atoms with Gasteiger partial charge >= 0.3 is 0 Å². The van der Waals surface area contributed by atoms with Crippen LogP contribution < -0.4 is 5.73 Å². The highest BCUT2D eigenvalue weighted by atomic mass is 16.2. The Balaban J connectivity index is 1.97. The van der Waals surface area contributed by atoms with Crippen molar-refractivity contribution in [3.63, 3.8) is 0 Å². The number of carbonyl (C=O) groups is 1. The third-order valence-corrected chi connectivity index (χ3v) is 4.01. The summed E-state index contributed by atoms with van der Waals surface area (Å²) in [4.78, 5) is 14.2. The van der Waals surface area contributed by atoms with E-state index in [2.05, 4.69) is 0 Å². The molecule has 0 unspecified atom stereocenters. The Hall–Kier alpha value is -1.35. The Morgan fingerprint density at radius 2 is 2.05 bits per heavy atom. The van der Waals surface area contributed by atoms with Crippen LogP contribution in [0, 0.1) is 5.92 Å². The van der Waals surface area contributed by atoms with Crippen molar-refractivity contribution in [1.82, 2.24) is 4.90 Å². The molecular weight excluding hydrogens is 236 g/mol. The topological polar surface area (TPSA) is 46.3 Å². The van der Waals surface area contributed by atoms with Crippen molar-refractivity contribution in [2.24, 2.45) is 11.7 Å². The number of hydrogen-bond acceptors (Lipinski definition) is 2. The van der Waals surface area contributed by atoms with Crippen molar-refractivity contribution in [3.05, 3.63) is 35.4 Å². The zero-order valence-corrected chi connectivity index (χ0v) is 11.8. The molecule has 0 heterocycles. The number of hydrogen-bond donors (Lipinski definition) is 1. The molecule has 0 atom stereocenters. The Morgan fingerprint density at radius 3 is 2.74 bits per heavy atom. The van der Waals surface area contributed by atoms with E-state index in [0.29, 0.717) is 12.5 Å². The standard InChI is InChI=1S/C16H24N2O/c1-18(12-13-6-3-2-4-7-13)16(19)15-9-5-8-14(10-15)11-17/h5,8-10,13H,2-4,6-7,11-12,17H2,1H3. The minimum absolute atomic E-state index is 0.112. The molecule has 0 aliphatic heterocycles. The molecule has 0 saturated heterocycles. The smallest absolute Gasteiger partial charge is 0.253 e. The fourth-order valence-corrected chi connectivity index (χ4v) is 2.89. The normalized spacial score (nSPS) is 16.3. The second-order valence-electron chi connectivity index (χ2n) is 5.59. The summed E-state index contributed by atoms with van der Waals surface area (Å²) in [5, 5.41) is 0. The highest BCUT2D eigenvalue weighted by molar-refractivity contribution is 5.94. The molecule has 0 radical (unpaired) electrons. The molecule has 1 aliphatic carbocycles. The first-order valence-electron chi connectivity index (χ1n) is 7.25. The fraction of sp³-hybridized carbons (Fsp3) is 0.562. The zero-order valence-electron chi connectivity index (χ0n) is 11.8. The molecule has 1 aliphatic rings. The van der Waals surface area contributed by atoms with Gasteiger partial charge in [0.05, 0.1) is 0 Å². The average Bonchev–Trinajstić information content (AvgIpc) is 2.47. The van der Waals surface area contributed by atoms with Crippen LogP contribution in [-0.2, 0) is 6.54 Å². The van der Waals surface area contributed by atoms with Crippen LogP contribution in [0.15, 0.2) is 24.3 Å². The van der Waals surface area contributed by atoms with Crippen molar-refractivity contribution in [2.75, 3.05) is 13.6 Å². The van der Waals surface area contributed by atoms with E-state index in [4.69, 9.17) is 5.73 Å². The summed E-state index contributed by atoms with van der Waals surface area (Å²) >= 11 is 0. The summed E-state index contributed by atoms with van der Waals surface area (Å²) in [5.74, 6) is 0.793. The van der Waals surface area contributed by atoms with E-state index >= 15 is 0 Å². The average molecular weight is 260 g/mol. The molecule has 2 N–H and O–H groups in total. The van der Waals surface area contributed by atoms with Crippen LogP contribution in [0.5, 0.6) is 0 Å². The van der Waals surface area contributed by atoms with Crippen molar-refractivity contribution in [3.8, 4) is 0 Å². The number of carbonyl (C=O) groups excluding carboxylic acids is 1. The van der Waals surface area contributed by atoms with E-state index in [0.717, 1.165) is 17.7 Å². The zero-order chi connectivity index (χ0) is 13.7. The van der Waals surface area contributed by atoms with Gasteiger partial charge in [-0.3, -0.25) is 4.79 Å². The highest BCUT2D eigenvalue weighted by Crippen LogP contribution is 2.24. The third-order valence-electron chi connectivity index (χ3n) is 4.01. The van der Waals surface area contributed by atoms with E-state index in [1.807, 2.05) is 36.2 Å². The van der Waals surface area contributed by atoms with Crippen molar-refractivity contribution in [1.29, 1.82) is 0 Å². The van der Waals surface area contributed by atoms with Gasteiger partial charge in [0.2, 0.25) is 0 Å². The van der Waals surface area contributed by atoms with Crippen molar-refractivity contribution in [2.45, 2.75) is 38.6 Å². The Labute approximate surface area is 115 Å². The first-order chi connectivity index (χ1) is 9.20. The molecule has 104 valence electrons. The Bertz CT molecular complexity index is 425. The maximum atomic E-state index is 12.4. The summed E-state index contributed by atoms with van der Waals surface area (Å²) < 4.78 is 0. The third kappa shape index (κ3) is 3.80. The number of benzene rings is 1. The lowest BCUT2D eigenvalue weighted by molar-refractivity contribution is 0.0760. The number of amides is 1. The van der Waals surface area contributed by atoms with Gasteiger partial charge in [-0.25, -0.2) is 0 Å². The van der Waals surface area contributed by atoms with Gasteiger partial charge in [-0.15, -0.1) is 0 Å². The van der Waals surface area contributed by atoms with Crippen LogP contribution in [-0.4, -0.2) is 24.4 Å². The lowest BCUT2D eigenvalue weighted by atomic mass is 9.89. The molecule has 1 saturated carbocycles. The van der Waals surface area contributed by atoms with Gasteiger partial charge < -0.3 is 10.6 Å². The van der Waals surface area contributed by atoms with Gasteiger partial charge in [0.25, 0.3) is 5.91 Å². The second-order valence-corrected chi connectivity index (χ2v) is 5.59. The molecule has 1 aromatic carbocycles. The first kappa shape index (κ1) is 14.1. The molecule has 0 bridgehead atoms. The van der Waals surface area contributed by atoms with Gasteiger partial charge in [0, 0.05) is 25.7 Å². The molecule has 2 rings (SSSR count). The van der Waals surface area contributed by atoms with Gasteiger partial charge in [0.1, 0.15) is 0 Å². The predicted molar refractivity (Wildman–Crippen MR) is 77.9 cm³/mol. The first-order valence-corrected chi connectivity index (χ1v) is 7.25. The van der Waals surface area contributed by atoms with E-state index in [-0.39, 0.29) is 5.91 Å². The SMILES string of the molecule is CN(CC1CCCCC1)C(=O)c1cccc(CN)c1. The minimum Gasteiger partial charge on any atom is -0.341 e. The molecule has 3 nitrogen and oxygen atoms in total. The van der Waals surface area contributed by atoms with Gasteiger partial charge in [-0.05, 0) is 36.5 Å². The van der Waals surface area contributed by atoms with Gasteiger partial charge in [0.15, 0.2) is 0 Å². The maximum absolute atomic E-state index is 12.4. The molecule has 19 heavy (non-hydrogen) atoms. The molecule has 1 fully saturated rings. The van der Waals surface area contributed by atoms with E-state index in [1.54, 1.807) is 0 Å². The number of nitrogens with two attached hydrogens (primary N) is 1. The monoisotopic (exact) mass is 260 g/mol. The summed E-state index contributed by atoms with van der Waals surface area (Å²) in [5.41, 5.74) is 7.38. The van der Waals surface area contributed by atoms with Crippen LogP contribution in [0.2, 0.25) is 0 Å². The lowest BCUT2D eigenvalue weighted by Crippen LogP contribution is -2.32. The van der Waals surface area contributed by atoms with Crippen LogP contribution in [0.1, 0.15) is 48.0 Å². The molecule has 0 aromatic heterocycles. The maximum Gasteiger partial charge on any atom is 0.253 e.